The Morgan fingerprint density at radius 3 is 2.75 bits per heavy atom. The van der Waals surface area contributed by atoms with Crippen molar-refractivity contribution in [1.82, 2.24) is 5.32 Å². The largest absolute Gasteiger partial charge is 0.468 e. The number of aryl methyl sites for hydroxylation is 1. The first kappa shape index (κ1) is 13.3. The Hall–Kier alpha value is -0.800. The second-order valence-electron chi connectivity index (χ2n) is 4.80. The highest BCUT2D eigenvalue weighted by Gasteiger charge is 2.26. The van der Waals surface area contributed by atoms with Crippen molar-refractivity contribution in [3.8, 4) is 0 Å². The zero-order chi connectivity index (χ0) is 12.2. The predicted molar refractivity (Wildman–Crippen MR) is 65.2 cm³/mol. The van der Waals surface area contributed by atoms with Crippen molar-refractivity contribution in [2.75, 3.05) is 6.54 Å². The summed E-state index contributed by atoms with van der Waals surface area (Å²) in [5.41, 5.74) is 0.491. The fourth-order valence-corrected chi connectivity index (χ4v) is 1.63. The molecule has 0 fully saturated rings. The van der Waals surface area contributed by atoms with E-state index in [4.69, 9.17) is 4.42 Å². The molecule has 2 N–H and O–H groups in total. The van der Waals surface area contributed by atoms with Crippen molar-refractivity contribution < 1.29 is 9.52 Å². The van der Waals surface area contributed by atoms with Crippen molar-refractivity contribution in [2.24, 2.45) is 5.92 Å². The number of hydrogen-bond acceptors (Lipinski definition) is 3. The van der Waals surface area contributed by atoms with Gasteiger partial charge in [-0.2, -0.15) is 0 Å². The third-order valence-electron chi connectivity index (χ3n) is 3.41. The lowest BCUT2D eigenvalue weighted by atomic mass is 9.89. The second kappa shape index (κ2) is 5.51. The van der Waals surface area contributed by atoms with Gasteiger partial charge in [0.15, 0.2) is 0 Å². The first-order valence-corrected chi connectivity index (χ1v) is 5.93. The maximum atomic E-state index is 10.2. The molecule has 0 saturated carbocycles. The predicted octanol–water partition coefficient (Wildman–Crippen LogP) is 2.47. The molecule has 1 aromatic heterocycles. The molecule has 2 atom stereocenters. The van der Waals surface area contributed by atoms with Crippen LogP contribution in [0.4, 0.5) is 0 Å². The molecule has 2 unspecified atom stereocenters. The Kier molecular flexibility index (Phi) is 4.56. The average molecular weight is 225 g/mol. The fraction of sp³-hybridized carbons (Fsp3) is 0.692. The van der Waals surface area contributed by atoms with Gasteiger partial charge in [0.25, 0.3) is 0 Å². The van der Waals surface area contributed by atoms with Gasteiger partial charge in [-0.3, -0.25) is 0 Å². The van der Waals surface area contributed by atoms with E-state index in [-0.39, 0.29) is 5.92 Å². The summed E-state index contributed by atoms with van der Waals surface area (Å²) < 4.78 is 5.32. The topological polar surface area (TPSA) is 45.4 Å². The molecule has 0 spiro atoms. The Bertz CT molecular complexity index is 317. The minimum absolute atomic E-state index is 0.290. The van der Waals surface area contributed by atoms with Crippen LogP contribution in [0.25, 0.3) is 0 Å². The van der Waals surface area contributed by atoms with Gasteiger partial charge in [0.05, 0.1) is 18.4 Å². The van der Waals surface area contributed by atoms with Crippen LogP contribution in [0.15, 0.2) is 16.7 Å². The van der Waals surface area contributed by atoms with E-state index in [0.29, 0.717) is 13.1 Å². The molecule has 0 aliphatic rings. The number of hydrogen-bond donors (Lipinski definition) is 2. The summed E-state index contributed by atoms with van der Waals surface area (Å²) in [6.45, 7) is 9.32. The van der Waals surface area contributed by atoms with Crippen molar-refractivity contribution >= 4 is 0 Å². The van der Waals surface area contributed by atoms with Crippen molar-refractivity contribution in [3.63, 3.8) is 0 Å². The van der Waals surface area contributed by atoms with Gasteiger partial charge in [0, 0.05) is 6.54 Å². The Morgan fingerprint density at radius 1 is 1.56 bits per heavy atom. The lowest BCUT2D eigenvalue weighted by molar-refractivity contribution is 0.00503. The van der Waals surface area contributed by atoms with Crippen LogP contribution in [-0.2, 0) is 6.54 Å². The van der Waals surface area contributed by atoms with Crippen LogP contribution in [0, 0.1) is 12.8 Å². The lowest BCUT2D eigenvalue weighted by Crippen LogP contribution is -2.42. The van der Waals surface area contributed by atoms with Crippen molar-refractivity contribution in [1.29, 1.82) is 0 Å². The van der Waals surface area contributed by atoms with E-state index in [2.05, 4.69) is 19.2 Å². The molecular formula is C13H23NO2. The number of furan rings is 1. The van der Waals surface area contributed by atoms with Gasteiger partial charge in [0.1, 0.15) is 5.76 Å². The Labute approximate surface area is 97.9 Å². The molecule has 0 aliphatic heterocycles. The van der Waals surface area contributed by atoms with E-state index in [9.17, 15) is 5.11 Å². The maximum Gasteiger partial charge on any atom is 0.120 e. The molecule has 1 aromatic rings. The van der Waals surface area contributed by atoms with E-state index >= 15 is 0 Å². The number of aliphatic hydroxyl groups is 1. The standard InChI is InChI=1S/C13H23NO2/c1-5-11(3)13(4,15)9-14-8-12-10(2)6-7-16-12/h6-7,11,14-15H,5,8-9H2,1-4H3. The van der Waals surface area contributed by atoms with Crippen LogP contribution in [-0.4, -0.2) is 17.3 Å². The summed E-state index contributed by atoms with van der Waals surface area (Å²) in [5, 5.41) is 13.4. The third kappa shape index (κ3) is 3.35. The summed E-state index contributed by atoms with van der Waals surface area (Å²) in [7, 11) is 0. The van der Waals surface area contributed by atoms with E-state index in [1.807, 2.05) is 19.9 Å². The summed E-state index contributed by atoms with van der Waals surface area (Å²) in [6.07, 6.45) is 2.67. The fourth-order valence-electron chi connectivity index (χ4n) is 1.63. The highest BCUT2D eigenvalue weighted by atomic mass is 16.3. The SMILES string of the molecule is CCC(C)C(C)(O)CNCc1occc1C. The maximum absolute atomic E-state index is 10.2. The van der Waals surface area contributed by atoms with E-state index in [1.54, 1.807) is 6.26 Å². The molecule has 3 nitrogen and oxygen atoms in total. The second-order valence-corrected chi connectivity index (χ2v) is 4.80. The van der Waals surface area contributed by atoms with E-state index < -0.39 is 5.60 Å². The van der Waals surface area contributed by atoms with Crippen LogP contribution in [0.3, 0.4) is 0 Å². The van der Waals surface area contributed by atoms with Crippen LogP contribution < -0.4 is 5.32 Å². The molecule has 0 amide bonds. The minimum Gasteiger partial charge on any atom is -0.468 e. The molecule has 16 heavy (non-hydrogen) atoms. The zero-order valence-corrected chi connectivity index (χ0v) is 10.7. The number of nitrogens with one attached hydrogen (secondary N) is 1. The molecule has 0 aromatic carbocycles. The van der Waals surface area contributed by atoms with E-state index in [1.165, 1.54) is 0 Å². The van der Waals surface area contributed by atoms with Gasteiger partial charge >= 0.3 is 0 Å². The summed E-state index contributed by atoms with van der Waals surface area (Å²) in [5.74, 6) is 1.23. The van der Waals surface area contributed by atoms with Crippen LogP contribution >= 0.6 is 0 Å². The molecule has 0 saturated heterocycles. The minimum atomic E-state index is -0.657. The first-order valence-electron chi connectivity index (χ1n) is 5.93. The summed E-state index contributed by atoms with van der Waals surface area (Å²) >= 11 is 0. The Morgan fingerprint density at radius 2 is 2.25 bits per heavy atom. The van der Waals surface area contributed by atoms with Crippen LogP contribution in [0.2, 0.25) is 0 Å². The Balaban J connectivity index is 2.38. The van der Waals surface area contributed by atoms with Gasteiger partial charge in [-0.25, -0.2) is 0 Å². The van der Waals surface area contributed by atoms with Gasteiger partial charge < -0.3 is 14.8 Å². The van der Waals surface area contributed by atoms with E-state index in [0.717, 1.165) is 17.7 Å². The molecule has 0 bridgehead atoms. The van der Waals surface area contributed by atoms with Crippen molar-refractivity contribution in [2.45, 2.75) is 46.3 Å². The summed E-state index contributed by atoms with van der Waals surface area (Å²) in [6, 6.07) is 1.95. The highest BCUT2D eigenvalue weighted by molar-refractivity contribution is 5.14. The molecule has 92 valence electrons. The third-order valence-corrected chi connectivity index (χ3v) is 3.41. The first-order chi connectivity index (χ1) is 7.47. The van der Waals surface area contributed by atoms with Crippen molar-refractivity contribution in [3.05, 3.63) is 23.7 Å². The van der Waals surface area contributed by atoms with Gasteiger partial charge in [0.2, 0.25) is 0 Å². The van der Waals surface area contributed by atoms with Gasteiger partial charge in [-0.05, 0) is 31.4 Å². The molecule has 0 aliphatic carbocycles. The van der Waals surface area contributed by atoms with Crippen LogP contribution in [0.5, 0.6) is 0 Å². The monoisotopic (exact) mass is 225 g/mol. The molecular weight excluding hydrogens is 202 g/mol. The normalized spacial score (nSPS) is 17.1. The molecule has 1 rings (SSSR count). The van der Waals surface area contributed by atoms with Gasteiger partial charge in [-0.15, -0.1) is 0 Å². The molecule has 1 heterocycles. The zero-order valence-electron chi connectivity index (χ0n) is 10.7. The smallest absolute Gasteiger partial charge is 0.120 e. The quantitative estimate of drug-likeness (QED) is 0.781. The molecule has 0 radical (unpaired) electrons. The average Bonchev–Trinajstić information content (AvgIpc) is 2.63. The lowest BCUT2D eigenvalue weighted by Gasteiger charge is -2.29. The molecule has 3 heteroatoms. The van der Waals surface area contributed by atoms with Crippen LogP contribution in [0.1, 0.15) is 38.5 Å². The van der Waals surface area contributed by atoms with Gasteiger partial charge in [-0.1, -0.05) is 20.3 Å². The highest BCUT2D eigenvalue weighted by Crippen LogP contribution is 2.19. The number of rotatable bonds is 6. The summed E-state index contributed by atoms with van der Waals surface area (Å²) in [4.78, 5) is 0.